The van der Waals surface area contributed by atoms with Crippen LogP contribution in [0.4, 0.5) is 5.69 Å². The van der Waals surface area contributed by atoms with Crippen molar-refractivity contribution in [3.63, 3.8) is 0 Å². The van der Waals surface area contributed by atoms with E-state index in [2.05, 4.69) is 23.5 Å². The lowest BCUT2D eigenvalue weighted by molar-refractivity contribution is -0.255. The van der Waals surface area contributed by atoms with Gasteiger partial charge in [0, 0.05) is 5.92 Å². The van der Waals surface area contributed by atoms with Gasteiger partial charge in [-0.3, -0.25) is 0 Å². The number of carboxylic acids is 1. The number of hydrogen-bond acceptors (Lipinski definition) is 4. The number of nitrogens with one attached hydrogen (secondary N) is 1. The number of hydrogen-bond donors (Lipinski definition) is 1. The molecule has 0 radical (unpaired) electrons. The van der Waals surface area contributed by atoms with Crippen LogP contribution in [-0.2, 0) is 0 Å². The minimum Gasteiger partial charge on any atom is -0.545 e. The van der Waals surface area contributed by atoms with Crippen LogP contribution in [0.5, 0.6) is 5.75 Å². The zero-order valence-electron chi connectivity index (χ0n) is 14.1. The summed E-state index contributed by atoms with van der Waals surface area (Å²) in [6.45, 7) is 2.60. The molecule has 25 heavy (non-hydrogen) atoms. The van der Waals surface area contributed by atoms with Gasteiger partial charge in [0.15, 0.2) is 0 Å². The number of fused-ring (bicyclic) bond motifs is 3. The van der Waals surface area contributed by atoms with E-state index in [9.17, 15) is 9.90 Å². The second-order valence-corrected chi connectivity index (χ2v) is 6.54. The number of carboxylic acid groups (broad SMARTS) is 1. The maximum atomic E-state index is 11.0. The monoisotopic (exact) mass is 334 g/mol. The van der Waals surface area contributed by atoms with E-state index in [-0.39, 0.29) is 11.6 Å². The lowest BCUT2D eigenvalue weighted by Gasteiger charge is -2.38. The Morgan fingerprint density at radius 1 is 1.24 bits per heavy atom. The predicted octanol–water partition coefficient (Wildman–Crippen LogP) is 3.28. The van der Waals surface area contributed by atoms with Crippen LogP contribution in [0.2, 0.25) is 0 Å². The van der Waals surface area contributed by atoms with E-state index < -0.39 is 5.97 Å². The highest BCUT2D eigenvalue weighted by atomic mass is 16.5. The molecule has 1 heterocycles. The summed E-state index contributed by atoms with van der Waals surface area (Å²) in [6.07, 6.45) is 5.52. The van der Waals surface area contributed by atoms with Gasteiger partial charge in [0.05, 0.1) is 24.3 Å². The number of para-hydroxylation sites is 1. The Morgan fingerprint density at radius 3 is 2.76 bits per heavy atom. The summed E-state index contributed by atoms with van der Waals surface area (Å²) in [6, 6.07) is 13.3. The summed E-state index contributed by atoms with van der Waals surface area (Å²) in [7, 11) is 0. The molecule has 1 aliphatic carbocycles. The number of ether oxygens (including phenoxy) is 1. The number of benzene rings is 2. The van der Waals surface area contributed by atoms with Crippen molar-refractivity contribution >= 4 is 11.7 Å². The summed E-state index contributed by atoms with van der Waals surface area (Å²) in [5.41, 5.74) is 3.61. The van der Waals surface area contributed by atoms with Gasteiger partial charge in [0.2, 0.25) is 0 Å². The number of allylic oxidation sites excluding steroid dienone is 2. The number of rotatable bonds is 4. The van der Waals surface area contributed by atoms with Crippen molar-refractivity contribution < 1.29 is 14.6 Å². The highest BCUT2D eigenvalue weighted by Gasteiger charge is 2.38. The van der Waals surface area contributed by atoms with Crippen LogP contribution in [0.25, 0.3) is 0 Å². The van der Waals surface area contributed by atoms with Gasteiger partial charge in [0.1, 0.15) is 5.75 Å². The summed E-state index contributed by atoms with van der Waals surface area (Å²) >= 11 is 0. The fraction of sp³-hybridized carbons (Fsp3) is 0.286. The zero-order valence-corrected chi connectivity index (χ0v) is 14.1. The molecule has 1 aliphatic heterocycles. The molecular formula is C21H20NO3-. The van der Waals surface area contributed by atoms with Crippen molar-refractivity contribution in [2.24, 2.45) is 5.92 Å². The molecule has 0 bridgehead atoms. The molecule has 4 nitrogen and oxygen atoms in total. The Morgan fingerprint density at radius 2 is 2.04 bits per heavy atom. The Labute approximate surface area is 147 Å². The van der Waals surface area contributed by atoms with Gasteiger partial charge in [-0.1, -0.05) is 48.6 Å². The number of carbonyl (C=O) groups excluding carboxylic acids is 1. The fourth-order valence-electron chi connectivity index (χ4n) is 4.03. The van der Waals surface area contributed by atoms with E-state index in [1.807, 2.05) is 31.2 Å². The smallest absolute Gasteiger partial charge is 0.142 e. The normalized spacial score (nSPS) is 23.5. The molecule has 0 unspecified atom stereocenters. The first-order valence-corrected chi connectivity index (χ1v) is 8.69. The maximum absolute atomic E-state index is 11.0. The molecule has 2 aromatic rings. The van der Waals surface area contributed by atoms with Gasteiger partial charge in [-0.25, -0.2) is 0 Å². The Kier molecular flexibility index (Phi) is 3.96. The highest BCUT2D eigenvalue weighted by Crippen LogP contribution is 2.52. The second-order valence-electron chi connectivity index (χ2n) is 6.54. The summed E-state index contributed by atoms with van der Waals surface area (Å²) in [5, 5.41) is 14.7. The van der Waals surface area contributed by atoms with E-state index in [1.165, 1.54) is 5.56 Å². The molecule has 3 atom stereocenters. The third-order valence-corrected chi connectivity index (χ3v) is 5.16. The van der Waals surface area contributed by atoms with Crippen LogP contribution in [-0.4, -0.2) is 12.6 Å². The molecule has 4 heteroatoms. The van der Waals surface area contributed by atoms with Gasteiger partial charge in [-0.15, -0.1) is 0 Å². The van der Waals surface area contributed by atoms with E-state index in [1.54, 1.807) is 12.1 Å². The van der Waals surface area contributed by atoms with Crippen LogP contribution in [0.15, 0.2) is 54.6 Å². The third-order valence-electron chi connectivity index (χ3n) is 5.16. The van der Waals surface area contributed by atoms with E-state index in [0.717, 1.165) is 23.4 Å². The first-order chi connectivity index (χ1) is 12.2. The maximum Gasteiger partial charge on any atom is 0.142 e. The topological polar surface area (TPSA) is 61.4 Å². The molecule has 0 fully saturated rings. The minimum absolute atomic E-state index is 0.116. The van der Waals surface area contributed by atoms with Crippen molar-refractivity contribution in [3.05, 3.63) is 71.3 Å². The summed E-state index contributed by atoms with van der Waals surface area (Å²) in [4.78, 5) is 11.0. The van der Waals surface area contributed by atoms with Gasteiger partial charge >= 0.3 is 0 Å². The molecular weight excluding hydrogens is 314 g/mol. The molecule has 4 rings (SSSR count). The third kappa shape index (κ3) is 2.68. The Balaban J connectivity index is 1.74. The van der Waals surface area contributed by atoms with Gasteiger partial charge in [0.25, 0.3) is 0 Å². The van der Waals surface area contributed by atoms with Crippen molar-refractivity contribution in [2.75, 3.05) is 11.9 Å². The molecule has 0 aromatic heterocycles. The minimum atomic E-state index is -1.15. The number of carbonyl (C=O) groups is 1. The molecule has 128 valence electrons. The summed E-state index contributed by atoms with van der Waals surface area (Å²) in [5.74, 6) is 0.489. The molecule has 2 aliphatic rings. The average molecular weight is 334 g/mol. The standard InChI is InChI=1S/C21H21NO3/c1-2-25-18-8-4-7-17-15-5-3-6-16(15)19(22-20(17)18)13-9-11-14(12-10-13)21(23)24/h3-5,7-12,15-16,19,22H,2,6H2,1H3,(H,23,24)/p-1/t15-,16-,19+/m0/s1. The molecule has 0 spiro atoms. The molecule has 1 N–H and O–H groups in total. The molecule has 2 aromatic carbocycles. The largest absolute Gasteiger partial charge is 0.545 e. The van der Waals surface area contributed by atoms with Gasteiger partial charge in [-0.05, 0) is 42.0 Å². The van der Waals surface area contributed by atoms with Crippen molar-refractivity contribution in [2.45, 2.75) is 25.3 Å². The van der Waals surface area contributed by atoms with E-state index in [0.29, 0.717) is 18.4 Å². The second kappa shape index (κ2) is 6.28. The van der Waals surface area contributed by atoms with Crippen LogP contribution in [0.3, 0.4) is 0 Å². The van der Waals surface area contributed by atoms with E-state index >= 15 is 0 Å². The summed E-state index contributed by atoms with van der Waals surface area (Å²) < 4.78 is 5.81. The van der Waals surface area contributed by atoms with Crippen molar-refractivity contribution in [1.82, 2.24) is 0 Å². The zero-order chi connectivity index (χ0) is 17.4. The quantitative estimate of drug-likeness (QED) is 0.872. The van der Waals surface area contributed by atoms with Gasteiger partial charge < -0.3 is 20.0 Å². The Hall–Kier alpha value is -2.75. The fourth-order valence-corrected chi connectivity index (χ4v) is 4.03. The van der Waals surface area contributed by atoms with Crippen LogP contribution in [0, 0.1) is 5.92 Å². The lowest BCUT2D eigenvalue weighted by Crippen LogP contribution is -2.29. The lowest BCUT2D eigenvalue weighted by atomic mass is 9.77. The predicted molar refractivity (Wildman–Crippen MR) is 94.7 cm³/mol. The average Bonchev–Trinajstić information content (AvgIpc) is 3.12. The van der Waals surface area contributed by atoms with Crippen LogP contribution >= 0.6 is 0 Å². The number of anilines is 1. The van der Waals surface area contributed by atoms with Crippen molar-refractivity contribution in [1.29, 1.82) is 0 Å². The van der Waals surface area contributed by atoms with Crippen molar-refractivity contribution in [3.8, 4) is 5.75 Å². The SMILES string of the molecule is CCOc1cccc2c1N[C@H](c1ccc(C(=O)[O-])cc1)[C@H]1CC=C[C@H]21. The van der Waals surface area contributed by atoms with E-state index in [4.69, 9.17) is 4.74 Å². The Bertz CT molecular complexity index is 826. The van der Waals surface area contributed by atoms with Crippen LogP contribution in [0.1, 0.15) is 46.8 Å². The van der Waals surface area contributed by atoms with Crippen LogP contribution < -0.4 is 15.2 Å². The first-order valence-electron chi connectivity index (χ1n) is 8.69. The van der Waals surface area contributed by atoms with Gasteiger partial charge in [-0.2, -0.15) is 0 Å². The highest BCUT2D eigenvalue weighted by molar-refractivity contribution is 5.85. The first kappa shape index (κ1) is 15.8. The molecule has 0 saturated heterocycles. The molecule has 0 saturated carbocycles. The molecule has 0 amide bonds. The number of aromatic carboxylic acids is 1.